The zero-order valence-corrected chi connectivity index (χ0v) is 11.4. The maximum absolute atomic E-state index is 11.6. The molecule has 2 N–H and O–H groups in total. The van der Waals surface area contributed by atoms with Crippen molar-refractivity contribution >= 4 is 10.0 Å². The van der Waals surface area contributed by atoms with E-state index in [0.29, 0.717) is 25.3 Å². The second-order valence-electron chi connectivity index (χ2n) is 4.65. The van der Waals surface area contributed by atoms with E-state index in [4.69, 9.17) is 5.11 Å². The molecule has 1 heterocycles. The van der Waals surface area contributed by atoms with Gasteiger partial charge in [0.1, 0.15) is 0 Å². The van der Waals surface area contributed by atoms with E-state index in [1.54, 1.807) is 0 Å². The molecule has 1 aliphatic heterocycles. The molecule has 0 bridgehead atoms. The molecule has 0 aromatic heterocycles. The molecule has 0 amide bonds. The molecule has 0 radical (unpaired) electrons. The second-order valence-corrected chi connectivity index (χ2v) is 6.57. The molecule has 17 heavy (non-hydrogen) atoms. The van der Waals surface area contributed by atoms with Crippen LogP contribution in [0.15, 0.2) is 0 Å². The Kier molecular flexibility index (Phi) is 6.40. The number of hydrogen-bond donors (Lipinski definition) is 2. The van der Waals surface area contributed by atoms with Gasteiger partial charge in [-0.15, -0.1) is 0 Å². The van der Waals surface area contributed by atoms with Gasteiger partial charge in [0.25, 0.3) is 0 Å². The van der Waals surface area contributed by atoms with E-state index in [0.717, 1.165) is 26.1 Å². The molecule has 102 valence electrons. The lowest BCUT2D eigenvalue weighted by Crippen LogP contribution is -2.32. The fourth-order valence-corrected chi connectivity index (χ4v) is 3.31. The highest BCUT2D eigenvalue weighted by Gasteiger charge is 2.22. The zero-order valence-electron chi connectivity index (χ0n) is 10.6. The monoisotopic (exact) mass is 264 g/mol. The minimum atomic E-state index is -3.15. The zero-order chi connectivity index (χ0) is 12.7. The van der Waals surface area contributed by atoms with Gasteiger partial charge in [-0.05, 0) is 38.3 Å². The van der Waals surface area contributed by atoms with E-state index in [2.05, 4.69) is 16.5 Å². The number of nitrogens with zero attached hydrogens (tertiary/aromatic N) is 1. The molecular formula is C11H24N2O3S. The predicted molar refractivity (Wildman–Crippen MR) is 68.3 cm³/mol. The number of likely N-dealkylation sites (tertiary alicyclic amines) is 1. The molecule has 6 heteroatoms. The van der Waals surface area contributed by atoms with Crippen LogP contribution in [0, 0.1) is 5.92 Å². The number of nitrogens with one attached hydrogen (secondary N) is 1. The summed E-state index contributed by atoms with van der Waals surface area (Å²) >= 11 is 0. The maximum atomic E-state index is 11.6. The van der Waals surface area contributed by atoms with Crippen LogP contribution >= 0.6 is 0 Å². The van der Waals surface area contributed by atoms with Crippen LogP contribution in [0.4, 0.5) is 0 Å². The Morgan fingerprint density at radius 3 is 2.76 bits per heavy atom. The summed E-state index contributed by atoms with van der Waals surface area (Å²) in [6, 6.07) is 0. The van der Waals surface area contributed by atoms with Crippen LogP contribution in [0.3, 0.4) is 0 Å². The van der Waals surface area contributed by atoms with Gasteiger partial charge < -0.3 is 10.0 Å². The lowest BCUT2D eigenvalue weighted by Gasteiger charge is -2.13. The third-order valence-corrected chi connectivity index (χ3v) is 4.66. The molecule has 0 aromatic carbocycles. The van der Waals surface area contributed by atoms with Crippen LogP contribution in [0.25, 0.3) is 0 Å². The molecule has 0 aromatic rings. The lowest BCUT2D eigenvalue weighted by molar-refractivity contribution is 0.287. The van der Waals surface area contributed by atoms with Gasteiger partial charge in [-0.3, -0.25) is 0 Å². The molecule has 1 fully saturated rings. The molecule has 1 unspecified atom stereocenters. The van der Waals surface area contributed by atoms with Gasteiger partial charge in [-0.25, -0.2) is 13.1 Å². The van der Waals surface area contributed by atoms with Crippen molar-refractivity contribution in [1.82, 2.24) is 9.62 Å². The van der Waals surface area contributed by atoms with Gasteiger partial charge >= 0.3 is 0 Å². The summed E-state index contributed by atoms with van der Waals surface area (Å²) < 4.78 is 25.9. The van der Waals surface area contributed by atoms with Crippen molar-refractivity contribution in [2.75, 3.05) is 38.5 Å². The quantitative estimate of drug-likeness (QED) is 0.606. The minimum Gasteiger partial charge on any atom is -0.396 e. The Labute approximate surface area is 104 Å². The Balaban J connectivity index is 2.21. The second kappa shape index (κ2) is 7.31. The van der Waals surface area contributed by atoms with Crippen LogP contribution in [0.2, 0.25) is 0 Å². The Bertz CT molecular complexity index is 306. The van der Waals surface area contributed by atoms with Crippen molar-refractivity contribution in [2.45, 2.75) is 26.2 Å². The van der Waals surface area contributed by atoms with Crippen LogP contribution in [-0.4, -0.2) is 57.0 Å². The fraction of sp³-hybridized carbons (Fsp3) is 1.00. The smallest absolute Gasteiger partial charge is 0.211 e. The summed E-state index contributed by atoms with van der Waals surface area (Å²) in [6.07, 6.45) is 2.15. The van der Waals surface area contributed by atoms with Crippen LogP contribution in [-0.2, 0) is 10.0 Å². The number of sulfonamides is 1. The maximum Gasteiger partial charge on any atom is 0.211 e. The molecule has 1 saturated heterocycles. The summed E-state index contributed by atoms with van der Waals surface area (Å²) in [5.74, 6) is 0.570. The van der Waals surface area contributed by atoms with E-state index in [9.17, 15) is 8.42 Å². The molecule has 1 atom stereocenters. The molecule has 0 saturated carbocycles. The van der Waals surface area contributed by atoms with Gasteiger partial charge in [-0.1, -0.05) is 6.92 Å². The summed E-state index contributed by atoms with van der Waals surface area (Å²) in [4.78, 5) is 2.34. The van der Waals surface area contributed by atoms with Gasteiger partial charge in [-0.2, -0.15) is 0 Å². The number of aliphatic hydroxyl groups excluding tert-OH is 1. The van der Waals surface area contributed by atoms with E-state index >= 15 is 0 Å². The van der Waals surface area contributed by atoms with Crippen LogP contribution < -0.4 is 4.72 Å². The Morgan fingerprint density at radius 1 is 1.41 bits per heavy atom. The summed E-state index contributed by atoms with van der Waals surface area (Å²) in [5.41, 5.74) is 0. The van der Waals surface area contributed by atoms with Crippen molar-refractivity contribution in [2.24, 2.45) is 5.92 Å². The number of rotatable bonds is 8. The molecule has 0 aliphatic carbocycles. The van der Waals surface area contributed by atoms with Gasteiger partial charge in [0.05, 0.1) is 5.75 Å². The lowest BCUT2D eigenvalue weighted by atomic mass is 10.1. The van der Waals surface area contributed by atoms with Crippen molar-refractivity contribution in [1.29, 1.82) is 0 Å². The third kappa shape index (κ3) is 5.81. The molecule has 1 aliphatic rings. The highest BCUT2D eigenvalue weighted by atomic mass is 32.2. The van der Waals surface area contributed by atoms with Crippen molar-refractivity contribution in [3.05, 3.63) is 0 Å². The Hall–Kier alpha value is -0.170. The van der Waals surface area contributed by atoms with E-state index < -0.39 is 10.0 Å². The molecule has 0 spiro atoms. The van der Waals surface area contributed by atoms with Gasteiger partial charge in [0, 0.05) is 19.7 Å². The predicted octanol–water partition coefficient (Wildman–Crippen LogP) is 0.0201. The van der Waals surface area contributed by atoms with Gasteiger partial charge in [0.2, 0.25) is 10.0 Å². The fourth-order valence-electron chi connectivity index (χ4n) is 2.09. The number of aliphatic hydroxyl groups is 1. The number of hydrogen-bond acceptors (Lipinski definition) is 4. The highest BCUT2D eigenvalue weighted by Crippen LogP contribution is 2.14. The average molecular weight is 264 g/mol. The first-order valence-corrected chi connectivity index (χ1v) is 8.03. The molecular weight excluding hydrogens is 240 g/mol. The standard InChI is InChI=1S/C11H24N2O3S/c1-2-13-6-5-11(10-13)9-12-17(15,16)8-4-3-7-14/h11-12,14H,2-10H2,1H3. The first-order valence-electron chi connectivity index (χ1n) is 6.38. The van der Waals surface area contributed by atoms with Crippen molar-refractivity contribution in [3.8, 4) is 0 Å². The van der Waals surface area contributed by atoms with Crippen molar-refractivity contribution < 1.29 is 13.5 Å². The first-order chi connectivity index (χ1) is 8.07. The number of unbranched alkanes of at least 4 members (excludes halogenated alkanes) is 1. The largest absolute Gasteiger partial charge is 0.396 e. The van der Waals surface area contributed by atoms with Crippen LogP contribution in [0.5, 0.6) is 0 Å². The SMILES string of the molecule is CCN1CCC(CNS(=O)(=O)CCCCO)C1. The van der Waals surface area contributed by atoms with E-state index in [-0.39, 0.29) is 12.4 Å². The summed E-state index contributed by atoms with van der Waals surface area (Å²) in [5, 5.41) is 8.60. The first kappa shape index (κ1) is 14.9. The van der Waals surface area contributed by atoms with Gasteiger partial charge in [0.15, 0.2) is 0 Å². The van der Waals surface area contributed by atoms with Crippen LogP contribution in [0.1, 0.15) is 26.2 Å². The van der Waals surface area contributed by atoms with E-state index in [1.165, 1.54) is 0 Å². The summed E-state index contributed by atoms with van der Waals surface area (Å²) in [6.45, 7) is 5.85. The molecule has 1 rings (SSSR count). The normalized spacial score (nSPS) is 22.1. The topological polar surface area (TPSA) is 69.6 Å². The minimum absolute atomic E-state index is 0.0591. The summed E-state index contributed by atoms with van der Waals surface area (Å²) in [7, 11) is -3.15. The average Bonchev–Trinajstić information content (AvgIpc) is 2.75. The van der Waals surface area contributed by atoms with Crippen molar-refractivity contribution in [3.63, 3.8) is 0 Å². The van der Waals surface area contributed by atoms with E-state index in [1.807, 2.05) is 0 Å². The Morgan fingerprint density at radius 2 is 2.18 bits per heavy atom. The molecule has 5 nitrogen and oxygen atoms in total. The highest BCUT2D eigenvalue weighted by molar-refractivity contribution is 7.89. The third-order valence-electron chi connectivity index (χ3n) is 3.23.